The van der Waals surface area contributed by atoms with Crippen LogP contribution in [0.1, 0.15) is 65.1 Å². The Morgan fingerprint density at radius 2 is 1.31 bits per heavy atom. The predicted molar refractivity (Wildman–Crippen MR) is 118 cm³/mol. The van der Waals surface area contributed by atoms with E-state index in [-0.39, 0.29) is 28.2 Å². The maximum absolute atomic E-state index is 13.3. The summed E-state index contributed by atoms with van der Waals surface area (Å²) in [6.45, 7) is 8.25. The van der Waals surface area contributed by atoms with Gasteiger partial charge in [-0.05, 0) is 47.2 Å². The van der Waals surface area contributed by atoms with Gasteiger partial charge in [0.1, 0.15) is 28.9 Å². The number of allylic oxidation sites excluding steroid dienone is 4. The van der Waals surface area contributed by atoms with Crippen molar-refractivity contribution in [3.8, 4) is 11.3 Å². The van der Waals surface area contributed by atoms with Gasteiger partial charge in [0.2, 0.25) is 0 Å². The summed E-state index contributed by atoms with van der Waals surface area (Å²) in [4.78, 5) is 26.6. The Labute approximate surface area is 187 Å². The fourth-order valence-electron chi connectivity index (χ4n) is 5.24. The van der Waals surface area contributed by atoms with Gasteiger partial charge in [-0.2, -0.15) is 0 Å². The van der Waals surface area contributed by atoms with Gasteiger partial charge in [0.05, 0.1) is 5.92 Å². The fraction of sp³-hybridized carbons (Fsp3) is 0.407. The van der Waals surface area contributed by atoms with Crippen molar-refractivity contribution in [3.63, 3.8) is 0 Å². The summed E-state index contributed by atoms with van der Waals surface area (Å²) in [6, 6.07) is 9.70. The van der Waals surface area contributed by atoms with Crippen molar-refractivity contribution in [2.75, 3.05) is 0 Å². The Morgan fingerprint density at radius 1 is 0.781 bits per heavy atom. The van der Waals surface area contributed by atoms with Gasteiger partial charge in [-0.25, -0.2) is 4.39 Å². The van der Waals surface area contributed by atoms with Crippen LogP contribution >= 0.6 is 0 Å². The van der Waals surface area contributed by atoms with Gasteiger partial charge in [0.25, 0.3) is 0 Å². The molecule has 5 heteroatoms. The van der Waals surface area contributed by atoms with Crippen LogP contribution in [0.4, 0.5) is 4.39 Å². The second kappa shape index (κ2) is 7.03. The minimum atomic E-state index is -0.560. The number of ether oxygens (including phenoxy) is 1. The van der Waals surface area contributed by atoms with Crippen molar-refractivity contribution >= 4 is 11.6 Å². The average Bonchev–Trinajstić information content (AvgIpc) is 3.14. The Bertz CT molecular complexity index is 1140. The van der Waals surface area contributed by atoms with Crippen LogP contribution in [-0.4, -0.2) is 11.6 Å². The van der Waals surface area contributed by atoms with Crippen LogP contribution in [0.2, 0.25) is 0 Å². The molecule has 1 aromatic carbocycles. The first-order valence-corrected chi connectivity index (χ1v) is 11.1. The maximum atomic E-state index is 13.3. The molecule has 0 saturated heterocycles. The van der Waals surface area contributed by atoms with E-state index < -0.39 is 5.92 Å². The number of hydrogen-bond acceptors (Lipinski definition) is 4. The lowest BCUT2D eigenvalue weighted by Crippen LogP contribution is -2.37. The normalized spacial score (nSPS) is 22.5. The van der Waals surface area contributed by atoms with Crippen molar-refractivity contribution in [1.29, 1.82) is 0 Å². The molecule has 0 amide bonds. The topological polar surface area (TPSA) is 56.5 Å². The van der Waals surface area contributed by atoms with E-state index in [2.05, 4.69) is 27.7 Å². The van der Waals surface area contributed by atoms with E-state index in [1.165, 1.54) is 12.1 Å². The molecule has 3 aliphatic rings. The van der Waals surface area contributed by atoms with Gasteiger partial charge in [-0.3, -0.25) is 9.59 Å². The zero-order chi connectivity index (χ0) is 22.8. The number of ketones is 2. The third kappa shape index (κ3) is 3.54. The van der Waals surface area contributed by atoms with E-state index in [4.69, 9.17) is 9.15 Å². The molecule has 0 N–H and O–H groups in total. The molecule has 1 aromatic heterocycles. The van der Waals surface area contributed by atoms with Crippen molar-refractivity contribution in [2.24, 2.45) is 10.8 Å². The Balaban J connectivity index is 1.64. The summed E-state index contributed by atoms with van der Waals surface area (Å²) in [5.74, 6) is 1.59. The molecule has 5 rings (SSSR count). The number of halogens is 1. The highest BCUT2D eigenvalue weighted by Gasteiger charge is 2.48. The SMILES string of the molecule is CC1(C)CC(=O)C2=C(C1)OC1=C(C(=O)CC(C)(C)C1)C2c1ccc(-c2ccc(F)cc2)o1. The molecule has 4 nitrogen and oxygen atoms in total. The standard InChI is InChI=1S/C27H27FO4/c1-26(2)11-17(29)23-21(13-26)32-22-14-27(3,4)12-18(30)24(22)25(23)20-10-9-19(31-20)15-5-7-16(28)8-6-15/h5-10,25H,11-14H2,1-4H3. The maximum Gasteiger partial charge on any atom is 0.163 e. The molecule has 2 aromatic rings. The van der Waals surface area contributed by atoms with Crippen LogP contribution in [0.25, 0.3) is 11.3 Å². The molecule has 0 radical (unpaired) electrons. The third-order valence-corrected chi connectivity index (χ3v) is 6.62. The van der Waals surface area contributed by atoms with Crippen LogP contribution in [-0.2, 0) is 14.3 Å². The summed E-state index contributed by atoms with van der Waals surface area (Å²) in [5.41, 5.74) is 1.44. The summed E-state index contributed by atoms with van der Waals surface area (Å²) < 4.78 is 25.8. The van der Waals surface area contributed by atoms with Gasteiger partial charge in [-0.15, -0.1) is 0 Å². The quantitative estimate of drug-likeness (QED) is 0.542. The molecule has 1 aliphatic heterocycles. The monoisotopic (exact) mass is 434 g/mol. The first-order valence-electron chi connectivity index (χ1n) is 11.1. The lowest BCUT2D eigenvalue weighted by Gasteiger charge is -2.42. The third-order valence-electron chi connectivity index (χ3n) is 6.62. The molecule has 0 atom stereocenters. The van der Waals surface area contributed by atoms with Crippen molar-refractivity contribution in [1.82, 2.24) is 0 Å². The zero-order valence-corrected chi connectivity index (χ0v) is 18.9. The number of rotatable bonds is 2. The molecule has 0 unspecified atom stereocenters. The molecular weight excluding hydrogens is 407 g/mol. The number of carbonyl (C=O) groups excluding carboxylic acids is 2. The van der Waals surface area contributed by atoms with Crippen molar-refractivity contribution < 1.29 is 23.1 Å². The van der Waals surface area contributed by atoms with Gasteiger partial charge in [-0.1, -0.05) is 27.7 Å². The Hall–Kier alpha value is -2.95. The summed E-state index contributed by atoms with van der Waals surface area (Å²) in [7, 11) is 0. The molecule has 0 saturated carbocycles. The van der Waals surface area contributed by atoms with Crippen LogP contribution in [0, 0.1) is 16.6 Å². The smallest absolute Gasteiger partial charge is 0.163 e. The highest BCUT2D eigenvalue weighted by atomic mass is 19.1. The summed E-state index contributed by atoms with van der Waals surface area (Å²) >= 11 is 0. The predicted octanol–water partition coefficient (Wildman–Crippen LogP) is 6.49. The molecule has 0 bridgehead atoms. The Kier molecular flexibility index (Phi) is 4.59. The second-order valence-corrected chi connectivity index (χ2v) is 10.8. The van der Waals surface area contributed by atoms with Gasteiger partial charge < -0.3 is 9.15 Å². The highest BCUT2D eigenvalue weighted by molar-refractivity contribution is 6.06. The molecule has 2 aliphatic carbocycles. The largest absolute Gasteiger partial charge is 0.465 e. The van der Waals surface area contributed by atoms with E-state index in [0.29, 0.717) is 59.9 Å². The van der Waals surface area contributed by atoms with Crippen molar-refractivity contribution in [3.05, 3.63) is 70.6 Å². The molecular formula is C27H27FO4. The van der Waals surface area contributed by atoms with Gasteiger partial charge in [0.15, 0.2) is 11.6 Å². The molecule has 0 spiro atoms. The number of furan rings is 1. The van der Waals surface area contributed by atoms with E-state index >= 15 is 0 Å². The minimum absolute atomic E-state index is 0.00478. The number of benzene rings is 1. The van der Waals surface area contributed by atoms with Crippen LogP contribution in [0.3, 0.4) is 0 Å². The Morgan fingerprint density at radius 3 is 1.84 bits per heavy atom. The van der Waals surface area contributed by atoms with Gasteiger partial charge >= 0.3 is 0 Å². The number of Topliss-reactive ketones (excluding diaryl/α,β-unsaturated/α-hetero) is 2. The first kappa shape index (κ1) is 20.9. The van der Waals surface area contributed by atoms with Gasteiger partial charge in [0, 0.05) is 42.4 Å². The summed E-state index contributed by atoms with van der Waals surface area (Å²) in [5, 5.41) is 0. The second-order valence-electron chi connectivity index (χ2n) is 10.8. The lowest BCUT2D eigenvalue weighted by atomic mass is 9.66. The molecule has 2 heterocycles. The van der Waals surface area contributed by atoms with Crippen molar-refractivity contribution in [2.45, 2.75) is 59.3 Å². The molecule has 32 heavy (non-hydrogen) atoms. The first-order chi connectivity index (χ1) is 15.0. The van der Waals surface area contributed by atoms with Crippen LogP contribution in [0.5, 0.6) is 0 Å². The van der Waals surface area contributed by atoms with E-state index in [1.54, 1.807) is 12.1 Å². The zero-order valence-electron chi connectivity index (χ0n) is 18.9. The number of carbonyl (C=O) groups is 2. The summed E-state index contributed by atoms with van der Waals surface area (Å²) in [6.07, 6.45) is 2.09. The van der Waals surface area contributed by atoms with E-state index in [1.807, 2.05) is 12.1 Å². The minimum Gasteiger partial charge on any atom is -0.465 e. The number of hydrogen-bond donors (Lipinski definition) is 0. The van der Waals surface area contributed by atoms with E-state index in [9.17, 15) is 14.0 Å². The molecule has 166 valence electrons. The highest BCUT2D eigenvalue weighted by Crippen LogP contribution is 2.53. The van der Waals surface area contributed by atoms with Crippen LogP contribution in [0.15, 0.2) is 63.5 Å². The van der Waals surface area contributed by atoms with E-state index in [0.717, 1.165) is 5.56 Å². The average molecular weight is 435 g/mol. The fourth-order valence-corrected chi connectivity index (χ4v) is 5.24. The molecule has 0 fully saturated rings. The van der Waals surface area contributed by atoms with Crippen LogP contribution < -0.4 is 0 Å². The lowest BCUT2D eigenvalue weighted by molar-refractivity contribution is -0.120.